The van der Waals surface area contributed by atoms with E-state index in [1.807, 2.05) is 55.5 Å². The minimum absolute atomic E-state index is 0.252. The number of pyridine rings is 2. The average Bonchev–Trinajstić information content (AvgIpc) is 3.17. The van der Waals surface area contributed by atoms with Gasteiger partial charge in [-0.3, -0.25) is 9.97 Å². The van der Waals surface area contributed by atoms with E-state index in [1.165, 1.54) is 0 Å². The van der Waals surface area contributed by atoms with E-state index in [0.29, 0.717) is 6.42 Å². The predicted molar refractivity (Wildman–Crippen MR) is 118 cm³/mol. The smallest absolute Gasteiger partial charge is 0.115 e. The van der Waals surface area contributed by atoms with Crippen LogP contribution in [-0.2, 0) is 6.42 Å². The molecule has 5 aromatic rings. The van der Waals surface area contributed by atoms with E-state index in [4.69, 9.17) is 9.97 Å². The third kappa shape index (κ3) is 3.53. The molecule has 0 atom stereocenters. The minimum Gasteiger partial charge on any atom is -0.508 e. The van der Waals surface area contributed by atoms with Crippen LogP contribution >= 0.6 is 0 Å². The van der Waals surface area contributed by atoms with E-state index in [9.17, 15) is 5.11 Å². The lowest BCUT2D eigenvalue weighted by atomic mass is 10.1. The van der Waals surface area contributed by atoms with Gasteiger partial charge < -0.3 is 10.1 Å². The van der Waals surface area contributed by atoms with Crippen LogP contribution in [0.4, 0.5) is 0 Å². The first kappa shape index (κ1) is 18.1. The molecule has 30 heavy (non-hydrogen) atoms. The van der Waals surface area contributed by atoms with Crippen molar-refractivity contribution in [1.29, 1.82) is 0 Å². The minimum atomic E-state index is 0.252. The maximum Gasteiger partial charge on any atom is 0.115 e. The maximum absolute atomic E-state index is 9.79. The fourth-order valence-electron chi connectivity index (χ4n) is 3.67. The van der Waals surface area contributed by atoms with Crippen molar-refractivity contribution in [3.8, 4) is 28.4 Å². The van der Waals surface area contributed by atoms with Crippen LogP contribution in [0.2, 0.25) is 0 Å². The highest BCUT2D eigenvalue weighted by Crippen LogP contribution is 2.31. The monoisotopic (exact) mass is 392 g/mol. The number of rotatable bonds is 4. The molecule has 2 aromatic carbocycles. The maximum atomic E-state index is 9.79. The summed E-state index contributed by atoms with van der Waals surface area (Å²) in [5.41, 5.74) is 6.49. The molecule has 0 saturated heterocycles. The van der Waals surface area contributed by atoms with Crippen LogP contribution in [0.5, 0.6) is 5.75 Å². The van der Waals surface area contributed by atoms with Crippen molar-refractivity contribution in [3.05, 3.63) is 96.1 Å². The molecule has 5 heteroatoms. The molecule has 0 bridgehead atoms. The van der Waals surface area contributed by atoms with E-state index in [1.54, 1.807) is 18.3 Å². The fourth-order valence-corrected chi connectivity index (χ4v) is 3.67. The largest absolute Gasteiger partial charge is 0.508 e. The molecular formula is C25H20N4O. The number of aryl methyl sites for hydroxylation is 1. The van der Waals surface area contributed by atoms with E-state index in [0.717, 1.165) is 50.6 Å². The molecule has 3 aromatic heterocycles. The molecule has 0 saturated carbocycles. The highest BCUT2D eigenvalue weighted by Gasteiger charge is 2.16. The number of phenols is 1. The molecule has 0 unspecified atom stereocenters. The number of aromatic amines is 1. The van der Waals surface area contributed by atoms with Gasteiger partial charge in [-0.15, -0.1) is 0 Å². The summed E-state index contributed by atoms with van der Waals surface area (Å²) in [5.74, 6) is 1.07. The summed E-state index contributed by atoms with van der Waals surface area (Å²) < 4.78 is 0. The van der Waals surface area contributed by atoms with E-state index < -0.39 is 0 Å². The van der Waals surface area contributed by atoms with E-state index in [-0.39, 0.29) is 5.75 Å². The van der Waals surface area contributed by atoms with Gasteiger partial charge >= 0.3 is 0 Å². The third-order valence-corrected chi connectivity index (χ3v) is 5.06. The SMILES string of the molecule is Cc1cccc(-c2[nH]c(Cc3cccc(O)c3)nc2-c2ccc3ncccc3c2)n1. The Morgan fingerprint density at radius 2 is 1.80 bits per heavy atom. The molecule has 0 amide bonds. The molecular weight excluding hydrogens is 372 g/mol. The molecule has 5 nitrogen and oxygen atoms in total. The number of imidazole rings is 1. The van der Waals surface area contributed by atoms with Crippen molar-refractivity contribution < 1.29 is 5.11 Å². The Morgan fingerprint density at radius 3 is 2.67 bits per heavy atom. The van der Waals surface area contributed by atoms with Crippen molar-refractivity contribution in [3.63, 3.8) is 0 Å². The number of hydrogen-bond donors (Lipinski definition) is 2. The Balaban J connectivity index is 1.64. The van der Waals surface area contributed by atoms with Crippen LogP contribution in [0, 0.1) is 6.92 Å². The van der Waals surface area contributed by atoms with Gasteiger partial charge in [0.1, 0.15) is 11.6 Å². The van der Waals surface area contributed by atoms with E-state index in [2.05, 4.69) is 22.1 Å². The molecule has 2 N–H and O–H groups in total. The van der Waals surface area contributed by atoms with Gasteiger partial charge in [0, 0.05) is 29.3 Å². The number of benzene rings is 2. The zero-order valence-electron chi connectivity index (χ0n) is 16.5. The second-order valence-corrected chi connectivity index (χ2v) is 7.33. The summed E-state index contributed by atoms with van der Waals surface area (Å²) in [6.45, 7) is 1.98. The molecule has 0 radical (unpaired) electrons. The van der Waals surface area contributed by atoms with Crippen molar-refractivity contribution in [2.45, 2.75) is 13.3 Å². The first-order chi connectivity index (χ1) is 14.7. The van der Waals surface area contributed by atoms with Crippen LogP contribution in [0.1, 0.15) is 17.1 Å². The average molecular weight is 392 g/mol. The lowest BCUT2D eigenvalue weighted by Gasteiger charge is -2.05. The Bertz CT molecular complexity index is 1360. The zero-order valence-corrected chi connectivity index (χ0v) is 16.5. The first-order valence-electron chi connectivity index (χ1n) is 9.82. The van der Waals surface area contributed by atoms with Crippen molar-refractivity contribution in [2.24, 2.45) is 0 Å². The van der Waals surface area contributed by atoms with Gasteiger partial charge in [-0.25, -0.2) is 4.98 Å². The lowest BCUT2D eigenvalue weighted by Crippen LogP contribution is -1.91. The topological polar surface area (TPSA) is 74.7 Å². The number of aromatic hydroxyl groups is 1. The van der Waals surface area contributed by atoms with Crippen LogP contribution in [-0.4, -0.2) is 25.0 Å². The van der Waals surface area contributed by atoms with Crippen molar-refractivity contribution >= 4 is 10.9 Å². The highest BCUT2D eigenvalue weighted by molar-refractivity contribution is 5.86. The lowest BCUT2D eigenvalue weighted by molar-refractivity contribution is 0.474. The summed E-state index contributed by atoms with van der Waals surface area (Å²) in [7, 11) is 0. The quantitative estimate of drug-likeness (QED) is 0.436. The summed E-state index contributed by atoms with van der Waals surface area (Å²) in [6.07, 6.45) is 2.38. The van der Waals surface area contributed by atoms with Crippen LogP contribution < -0.4 is 0 Å². The summed E-state index contributed by atoms with van der Waals surface area (Å²) in [6, 6.07) is 23.4. The van der Waals surface area contributed by atoms with E-state index >= 15 is 0 Å². The molecule has 0 spiro atoms. The molecule has 0 aliphatic heterocycles. The van der Waals surface area contributed by atoms with Gasteiger partial charge in [0.05, 0.1) is 22.6 Å². The predicted octanol–water partition coefficient (Wildman–Crippen LogP) is 5.29. The third-order valence-electron chi connectivity index (χ3n) is 5.06. The van der Waals surface area contributed by atoms with Gasteiger partial charge in [0.25, 0.3) is 0 Å². The van der Waals surface area contributed by atoms with Gasteiger partial charge in [0.2, 0.25) is 0 Å². The van der Waals surface area contributed by atoms with Crippen molar-refractivity contribution in [1.82, 2.24) is 19.9 Å². The van der Waals surface area contributed by atoms with Crippen LogP contribution in [0.3, 0.4) is 0 Å². The second kappa shape index (κ2) is 7.44. The number of phenolic OH excluding ortho intramolecular Hbond substituents is 1. The molecule has 0 aliphatic rings. The zero-order chi connectivity index (χ0) is 20.5. The van der Waals surface area contributed by atoms with Crippen molar-refractivity contribution in [2.75, 3.05) is 0 Å². The van der Waals surface area contributed by atoms with Gasteiger partial charge in [-0.2, -0.15) is 0 Å². The van der Waals surface area contributed by atoms with Gasteiger partial charge in [-0.1, -0.05) is 30.3 Å². The number of fused-ring (bicyclic) bond motifs is 1. The number of aromatic nitrogens is 4. The summed E-state index contributed by atoms with van der Waals surface area (Å²) in [4.78, 5) is 17.5. The molecule has 146 valence electrons. The molecule has 0 fully saturated rings. The first-order valence-corrected chi connectivity index (χ1v) is 9.82. The number of nitrogens with zero attached hydrogens (tertiary/aromatic N) is 3. The standard InChI is InChI=1S/C25H20N4O/c1-16-5-2-9-22(27-16)25-24(19-10-11-21-18(15-19)7-4-12-26-21)28-23(29-25)14-17-6-3-8-20(30)13-17/h2-13,15,30H,14H2,1H3,(H,28,29). The summed E-state index contributed by atoms with van der Waals surface area (Å²) >= 11 is 0. The van der Waals surface area contributed by atoms with Crippen LogP contribution in [0.25, 0.3) is 33.5 Å². The molecule has 3 heterocycles. The Labute approximate surface area is 174 Å². The fraction of sp³-hybridized carbons (Fsp3) is 0.0800. The number of H-pyrrole nitrogens is 1. The Hall–Kier alpha value is -3.99. The molecule has 5 rings (SSSR count). The Kier molecular flexibility index (Phi) is 4.48. The number of hydrogen-bond acceptors (Lipinski definition) is 4. The summed E-state index contributed by atoms with van der Waals surface area (Å²) in [5, 5.41) is 10.9. The van der Waals surface area contributed by atoms with Gasteiger partial charge in [-0.05, 0) is 55.0 Å². The normalized spacial score (nSPS) is 11.1. The molecule has 0 aliphatic carbocycles. The Morgan fingerprint density at radius 1 is 0.900 bits per heavy atom. The van der Waals surface area contributed by atoms with Crippen LogP contribution in [0.15, 0.2) is 79.0 Å². The number of nitrogens with one attached hydrogen (secondary N) is 1. The highest BCUT2D eigenvalue weighted by atomic mass is 16.3. The van der Waals surface area contributed by atoms with Gasteiger partial charge in [0.15, 0.2) is 0 Å². The second-order valence-electron chi connectivity index (χ2n) is 7.33.